The van der Waals surface area contributed by atoms with E-state index in [1.807, 2.05) is 43.6 Å². The Morgan fingerprint density at radius 3 is 2.73 bits per heavy atom. The number of aliphatic hydroxyl groups excluding tert-OH is 1. The first-order valence-electron chi connectivity index (χ1n) is 12.1. The molecule has 0 spiro atoms. The lowest BCUT2D eigenvalue weighted by atomic mass is 9.72. The first kappa shape index (κ1) is 22.0. The first-order valence-corrected chi connectivity index (χ1v) is 12.1. The Kier molecular flexibility index (Phi) is 6.11. The van der Waals surface area contributed by atoms with E-state index in [0.29, 0.717) is 5.41 Å². The zero-order valence-corrected chi connectivity index (χ0v) is 19.6. The van der Waals surface area contributed by atoms with Crippen LogP contribution in [-0.4, -0.2) is 32.5 Å². The molecule has 174 valence electrons. The minimum Gasteiger partial charge on any atom is -0.454 e. The molecule has 0 atom stereocenters. The molecule has 2 aromatic heterocycles. The highest BCUT2D eigenvalue weighted by Crippen LogP contribution is 2.41. The molecule has 0 radical (unpaired) electrons. The summed E-state index contributed by atoms with van der Waals surface area (Å²) in [4.78, 5) is 9.52. The molecule has 1 aliphatic carbocycles. The fourth-order valence-electron chi connectivity index (χ4n) is 5.14. The highest BCUT2D eigenvalue weighted by Gasteiger charge is 2.29. The van der Waals surface area contributed by atoms with Gasteiger partial charge in [-0.05, 0) is 81.2 Å². The first-order chi connectivity index (χ1) is 16.0. The monoisotopic (exact) mass is 447 g/mol. The number of ether oxygens (including phenoxy) is 2. The number of unbranched alkanes of at least 4 members (excludes halogenated alkanes) is 1. The number of hydrogen-bond acceptors (Lipinski definition) is 5. The molecule has 1 aromatic carbocycles. The molecule has 3 aromatic rings. The Morgan fingerprint density at radius 1 is 1.09 bits per heavy atom. The van der Waals surface area contributed by atoms with Gasteiger partial charge in [0, 0.05) is 17.8 Å². The maximum Gasteiger partial charge on any atom is 0.231 e. The molecule has 6 heteroatoms. The Morgan fingerprint density at radius 2 is 1.91 bits per heavy atom. The molecule has 1 saturated carbocycles. The van der Waals surface area contributed by atoms with Crippen LogP contribution in [0.2, 0.25) is 0 Å². The molecule has 5 rings (SSSR count). The van der Waals surface area contributed by atoms with Crippen LogP contribution < -0.4 is 9.47 Å². The van der Waals surface area contributed by atoms with Gasteiger partial charge >= 0.3 is 0 Å². The second-order valence-corrected chi connectivity index (χ2v) is 9.87. The summed E-state index contributed by atoms with van der Waals surface area (Å²) in [5.41, 5.74) is 5.25. The molecule has 0 amide bonds. The average molecular weight is 448 g/mol. The van der Waals surface area contributed by atoms with E-state index in [1.54, 1.807) is 0 Å². The predicted molar refractivity (Wildman–Crippen MR) is 128 cm³/mol. The molecule has 1 aliphatic heterocycles. The third-order valence-corrected chi connectivity index (χ3v) is 7.21. The number of aliphatic hydroxyl groups is 1. The third kappa shape index (κ3) is 4.76. The number of hydrogen-bond donors (Lipinski definition) is 1. The Balaban J connectivity index is 1.37. The van der Waals surface area contributed by atoms with E-state index in [9.17, 15) is 5.11 Å². The van der Waals surface area contributed by atoms with E-state index in [1.165, 1.54) is 12.8 Å². The summed E-state index contributed by atoms with van der Waals surface area (Å²) >= 11 is 0. The van der Waals surface area contributed by atoms with Crippen molar-refractivity contribution >= 4 is 0 Å². The van der Waals surface area contributed by atoms with Crippen LogP contribution in [0.4, 0.5) is 0 Å². The molecule has 0 bridgehead atoms. The van der Waals surface area contributed by atoms with Crippen LogP contribution in [0.5, 0.6) is 11.5 Å². The smallest absolute Gasteiger partial charge is 0.231 e. The van der Waals surface area contributed by atoms with Gasteiger partial charge in [-0.15, -0.1) is 0 Å². The highest BCUT2D eigenvalue weighted by molar-refractivity contribution is 5.78. The van der Waals surface area contributed by atoms with Crippen molar-refractivity contribution in [1.29, 1.82) is 0 Å². The van der Waals surface area contributed by atoms with Gasteiger partial charge < -0.3 is 19.1 Å². The number of benzene rings is 1. The zero-order chi connectivity index (χ0) is 22.8. The van der Waals surface area contributed by atoms with Gasteiger partial charge in [0.1, 0.15) is 5.69 Å². The van der Waals surface area contributed by atoms with E-state index in [0.717, 1.165) is 78.5 Å². The Labute approximate surface area is 195 Å². The van der Waals surface area contributed by atoms with Crippen LogP contribution >= 0.6 is 0 Å². The fraction of sp³-hybridized carbons (Fsp3) is 0.481. The summed E-state index contributed by atoms with van der Waals surface area (Å²) in [5, 5.41) is 9.84. The lowest BCUT2D eigenvalue weighted by Gasteiger charge is -2.35. The van der Waals surface area contributed by atoms with E-state index in [2.05, 4.69) is 17.6 Å². The number of imidazole rings is 1. The van der Waals surface area contributed by atoms with Crippen molar-refractivity contribution in [1.82, 2.24) is 14.5 Å². The zero-order valence-electron chi connectivity index (χ0n) is 19.6. The molecule has 1 N–H and O–H groups in total. The molecule has 6 nitrogen and oxygen atoms in total. The number of fused-ring (bicyclic) bond motifs is 1. The molecule has 3 heterocycles. The fourth-order valence-corrected chi connectivity index (χ4v) is 5.14. The number of aryl methyl sites for hydroxylation is 2. The van der Waals surface area contributed by atoms with Gasteiger partial charge in [0.25, 0.3) is 0 Å². The second kappa shape index (κ2) is 9.18. The summed E-state index contributed by atoms with van der Waals surface area (Å²) < 4.78 is 13.4. The van der Waals surface area contributed by atoms with Gasteiger partial charge in [-0.3, -0.25) is 4.98 Å². The molecule has 1 fully saturated rings. The number of aromatic nitrogens is 3. The van der Waals surface area contributed by atoms with Crippen molar-refractivity contribution in [3.8, 4) is 34.1 Å². The highest BCUT2D eigenvalue weighted by atomic mass is 16.7. The van der Waals surface area contributed by atoms with Crippen LogP contribution in [0.3, 0.4) is 0 Å². The molecule has 0 saturated heterocycles. The lowest BCUT2D eigenvalue weighted by Crippen LogP contribution is -2.27. The Hall–Kier alpha value is -2.86. The second-order valence-electron chi connectivity index (χ2n) is 9.87. The van der Waals surface area contributed by atoms with Crippen LogP contribution in [0, 0.1) is 12.3 Å². The van der Waals surface area contributed by atoms with Gasteiger partial charge in [0.05, 0.1) is 23.8 Å². The number of rotatable bonds is 7. The summed E-state index contributed by atoms with van der Waals surface area (Å²) in [6.45, 7) is 5.56. The van der Waals surface area contributed by atoms with Crippen LogP contribution in [0.1, 0.15) is 57.6 Å². The van der Waals surface area contributed by atoms with Crippen LogP contribution in [-0.2, 0) is 6.54 Å². The summed E-state index contributed by atoms with van der Waals surface area (Å²) in [6.07, 6.45) is 9.46. The van der Waals surface area contributed by atoms with E-state index < -0.39 is 0 Å². The summed E-state index contributed by atoms with van der Waals surface area (Å²) in [7, 11) is 0. The van der Waals surface area contributed by atoms with Crippen molar-refractivity contribution in [2.24, 2.45) is 5.41 Å². The predicted octanol–water partition coefficient (Wildman–Crippen LogP) is 5.76. The maximum atomic E-state index is 9.84. The van der Waals surface area contributed by atoms with Crippen LogP contribution in [0.25, 0.3) is 22.6 Å². The van der Waals surface area contributed by atoms with E-state index in [-0.39, 0.29) is 12.9 Å². The SMILES string of the molecule is Cc1cccc(-c2ncn(CCCCC3(C)CCC(O)CC3)c2-c2ccc3c(c2)OCO3)n1. The molecular formula is C27H33N3O3. The molecule has 0 unspecified atom stereocenters. The normalized spacial score (nSPS) is 22.0. The number of pyridine rings is 1. The largest absolute Gasteiger partial charge is 0.454 e. The quantitative estimate of drug-likeness (QED) is 0.466. The summed E-state index contributed by atoms with van der Waals surface area (Å²) in [5.74, 6) is 1.56. The van der Waals surface area contributed by atoms with Crippen molar-refractivity contribution in [3.63, 3.8) is 0 Å². The maximum absolute atomic E-state index is 9.84. The van der Waals surface area contributed by atoms with Gasteiger partial charge in [-0.2, -0.15) is 0 Å². The number of nitrogens with zero attached hydrogens (tertiary/aromatic N) is 3. The standard InChI is InChI=1S/C27H33N3O3/c1-19-6-5-7-22(29-19)25-26(20-8-9-23-24(16-20)33-18-32-23)30(17-28-25)15-4-3-12-27(2)13-10-21(31)11-14-27/h5-9,16-17,21,31H,3-4,10-15,18H2,1-2H3. The minimum atomic E-state index is -0.0954. The van der Waals surface area contributed by atoms with Crippen molar-refractivity contribution in [3.05, 3.63) is 48.4 Å². The van der Waals surface area contributed by atoms with E-state index in [4.69, 9.17) is 19.4 Å². The van der Waals surface area contributed by atoms with Crippen LogP contribution in [0.15, 0.2) is 42.7 Å². The average Bonchev–Trinajstić information content (AvgIpc) is 3.45. The van der Waals surface area contributed by atoms with E-state index >= 15 is 0 Å². The molecular weight excluding hydrogens is 414 g/mol. The van der Waals surface area contributed by atoms with Crippen molar-refractivity contribution < 1.29 is 14.6 Å². The van der Waals surface area contributed by atoms with Gasteiger partial charge in [-0.25, -0.2) is 4.98 Å². The van der Waals surface area contributed by atoms with Crippen molar-refractivity contribution in [2.45, 2.75) is 71.4 Å². The van der Waals surface area contributed by atoms with Gasteiger partial charge in [0.2, 0.25) is 6.79 Å². The summed E-state index contributed by atoms with van der Waals surface area (Å²) in [6, 6.07) is 12.2. The van der Waals surface area contributed by atoms with Crippen molar-refractivity contribution in [2.75, 3.05) is 6.79 Å². The molecule has 33 heavy (non-hydrogen) atoms. The Bertz CT molecular complexity index is 1120. The minimum absolute atomic E-state index is 0.0954. The molecule has 2 aliphatic rings. The van der Waals surface area contributed by atoms with Gasteiger partial charge in [0.15, 0.2) is 11.5 Å². The van der Waals surface area contributed by atoms with Gasteiger partial charge in [-0.1, -0.05) is 19.4 Å². The lowest BCUT2D eigenvalue weighted by molar-refractivity contribution is 0.0656. The third-order valence-electron chi connectivity index (χ3n) is 7.21. The topological polar surface area (TPSA) is 69.4 Å².